The van der Waals surface area contributed by atoms with E-state index in [1.165, 1.54) is 0 Å². The van der Waals surface area contributed by atoms with E-state index in [1.54, 1.807) is 37.2 Å². The van der Waals surface area contributed by atoms with Crippen molar-refractivity contribution in [1.29, 1.82) is 0 Å². The molecule has 2 N–H and O–H groups in total. The number of hydrogen-bond donors (Lipinski definition) is 2. The van der Waals surface area contributed by atoms with E-state index in [-0.39, 0.29) is 24.1 Å². The van der Waals surface area contributed by atoms with Gasteiger partial charge < -0.3 is 10.0 Å². The number of nitrogens with zero attached hydrogens (tertiary/aromatic N) is 2. The van der Waals surface area contributed by atoms with Gasteiger partial charge in [-0.3, -0.25) is 9.89 Å². The monoisotopic (exact) mass is 345 g/mol. The van der Waals surface area contributed by atoms with E-state index in [0.29, 0.717) is 18.7 Å². The lowest BCUT2D eigenvalue weighted by atomic mass is 9.88. The first-order valence-corrected chi connectivity index (χ1v) is 8.62. The van der Waals surface area contributed by atoms with Gasteiger partial charge in [-0.25, -0.2) is 4.39 Å². The van der Waals surface area contributed by atoms with E-state index in [9.17, 15) is 14.3 Å². The molecule has 25 heavy (non-hydrogen) atoms. The summed E-state index contributed by atoms with van der Waals surface area (Å²) in [6, 6.07) is 5.30. The maximum Gasteiger partial charge on any atom is 0.225 e. The summed E-state index contributed by atoms with van der Waals surface area (Å²) < 4.78 is 14.6. The summed E-state index contributed by atoms with van der Waals surface area (Å²) in [5, 5.41) is 16.4. The summed E-state index contributed by atoms with van der Waals surface area (Å²) in [6.07, 6.45) is 4.99. The van der Waals surface area contributed by atoms with Gasteiger partial charge in [-0.2, -0.15) is 5.10 Å². The van der Waals surface area contributed by atoms with E-state index in [4.69, 9.17) is 0 Å². The number of H-pyrrole nitrogens is 1. The Labute approximate surface area is 146 Å². The van der Waals surface area contributed by atoms with Crippen molar-refractivity contribution in [3.8, 4) is 11.1 Å². The minimum atomic E-state index is -0.997. The molecule has 3 rings (SSSR count). The molecule has 2 heterocycles. The molecule has 1 fully saturated rings. The van der Waals surface area contributed by atoms with Crippen LogP contribution >= 0.6 is 0 Å². The molecule has 0 unspecified atom stereocenters. The Bertz CT molecular complexity index is 730. The quantitative estimate of drug-likeness (QED) is 0.895. The van der Waals surface area contributed by atoms with E-state index >= 15 is 0 Å². The molecule has 0 radical (unpaired) electrons. The van der Waals surface area contributed by atoms with Crippen molar-refractivity contribution in [1.82, 2.24) is 15.1 Å². The minimum Gasteiger partial charge on any atom is -0.390 e. The second-order valence-electron chi connectivity index (χ2n) is 7.37. The van der Waals surface area contributed by atoms with Crippen LogP contribution in [0.4, 0.5) is 4.39 Å². The molecule has 0 bridgehead atoms. The third kappa shape index (κ3) is 4.25. The van der Waals surface area contributed by atoms with E-state index < -0.39 is 5.60 Å². The lowest BCUT2D eigenvalue weighted by Gasteiger charge is -2.33. The molecule has 1 aromatic carbocycles. The van der Waals surface area contributed by atoms with Gasteiger partial charge >= 0.3 is 0 Å². The van der Waals surface area contributed by atoms with Gasteiger partial charge in [0.05, 0.1) is 18.2 Å². The number of carbonyl (C=O) groups is 1. The molecule has 2 aromatic rings. The van der Waals surface area contributed by atoms with Crippen LogP contribution in [-0.2, 0) is 4.79 Å². The van der Waals surface area contributed by atoms with Crippen molar-refractivity contribution in [3.05, 3.63) is 42.0 Å². The SMILES string of the molecule is CC(C)(O)CC(=O)N1CCC(c2ccc(-c3cn[nH]c3)cc2F)CC1. The first-order valence-electron chi connectivity index (χ1n) is 8.62. The first kappa shape index (κ1) is 17.6. The Hall–Kier alpha value is -2.21. The highest BCUT2D eigenvalue weighted by atomic mass is 19.1. The number of likely N-dealkylation sites (tertiary alicyclic amines) is 1. The molecular weight excluding hydrogens is 321 g/mol. The molecule has 0 spiro atoms. The highest BCUT2D eigenvalue weighted by molar-refractivity contribution is 5.77. The predicted octanol–water partition coefficient (Wildman–Crippen LogP) is 3.08. The zero-order valence-corrected chi connectivity index (χ0v) is 14.6. The zero-order valence-electron chi connectivity index (χ0n) is 14.6. The Balaban J connectivity index is 1.64. The number of carbonyl (C=O) groups excluding carboxylic acids is 1. The normalized spacial score (nSPS) is 16.2. The Kier molecular flexibility index (Phi) is 4.90. The largest absolute Gasteiger partial charge is 0.390 e. The van der Waals surface area contributed by atoms with E-state index in [0.717, 1.165) is 24.0 Å². The molecule has 1 aliphatic heterocycles. The van der Waals surface area contributed by atoms with Crippen LogP contribution in [0.15, 0.2) is 30.6 Å². The number of aliphatic hydroxyl groups is 1. The highest BCUT2D eigenvalue weighted by Crippen LogP contribution is 2.32. The summed E-state index contributed by atoms with van der Waals surface area (Å²) in [6.45, 7) is 4.47. The molecule has 134 valence electrons. The fourth-order valence-electron chi connectivity index (χ4n) is 3.37. The maximum absolute atomic E-state index is 14.6. The van der Waals surface area contributed by atoms with Gasteiger partial charge in [0.25, 0.3) is 0 Å². The summed E-state index contributed by atoms with van der Waals surface area (Å²) in [5.41, 5.74) is 1.37. The molecule has 1 aromatic heterocycles. The standard InChI is InChI=1S/C19H24FN3O2/c1-19(2,25)10-18(24)23-7-5-13(6-8-23)16-4-3-14(9-17(16)20)15-11-21-22-12-15/h3-4,9,11-13,25H,5-8,10H2,1-2H3,(H,21,22). The number of rotatable bonds is 4. The third-order valence-corrected chi connectivity index (χ3v) is 4.70. The van der Waals surface area contributed by atoms with Gasteiger partial charge in [-0.1, -0.05) is 12.1 Å². The first-order chi connectivity index (χ1) is 11.8. The van der Waals surface area contributed by atoms with Crippen molar-refractivity contribution in [3.63, 3.8) is 0 Å². The average molecular weight is 345 g/mol. The molecule has 0 atom stereocenters. The van der Waals surface area contributed by atoms with Crippen LogP contribution in [0.3, 0.4) is 0 Å². The summed E-state index contributed by atoms with van der Waals surface area (Å²) in [5.74, 6) is -0.133. The van der Waals surface area contributed by atoms with Crippen LogP contribution < -0.4 is 0 Å². The Morgan fingerprint density at radius 1 is 1.36 bits per heavy atom. The van der Waals surface area contributed by atoms with Crippen molar-refractivity contribution in [2.45, 2.75) is 44.6 Å². The number of halogens is 1. The van der Waals surface area contributed by atoms with Gasteiger partial charge in [0.15, 0.2) is 0 Å². The van der Waals surface area contributed by atoms with E-state index in [2.05, 4.69) is 10.2 Å². The molecule has 1 amide bonds. The number of aromatic amines is 1. The highest BCUT2D eigenvalue weighted by Gasteiger charge is 2.28. The van der Waals surface area contributed by atoms with Crippen molar-refractivity contribution < 1.29 is 14.3 Å². The zero-order chi connectivity index (χ0) is 18.0. The second kappa shape index (κ2) is 6.96. The molecule has 1 aliphatic rings. The topological polar surface area (TPSA) is 69.2 Å². The predicted molar refractivity (Wildman–Crippen MR) is 93.5 cm³/mol. The summed E-state index contributed by atoms with van der Waals surface area (Å²) >= 11 is 0. The van der Waals surface area contributed by atoms with Crippen molar-refractivity contribution in [2.75, 3.05) is 13.1 Å². The molecule has 0 saturated carbocycles. The molecule has 5 nitrogen and oxygen atoms in total. The number of benzene rings is 1. The van der Waals surface area contributed by atoms with Crippen LogP contribution in [0.25, 0.3) is 11.1 Å². The smallest absolute Gasteiger partial charge is 0.225 e. The van der Waals surface area contributed by atoms with Gasteiger partial charge in [0.1, 0.15) is 5.82 Å². The lowest BCUT2D eigenvalue weighted by Crippen LogP contribution is -2.41. The molecule has 0 aliphatic carbocycles. The number of nitrogens with one attached hydrogen (secondary N) is 1. The minimum absolute atomic E-state index is 0.0401. The number of aromatic nitrogens is 2. The maximum atomic E-state index is 14.6. The van der Waals surface area contributed by atoms with Crippen LogP contribution in [-0.4, -0.2) is 44.8 Å². The second-order valence-corrected chi connectivity index (χ2v) is 7.37. The fourth-order valence-corrected chi connectivity index (χ4v) is 3.37. The van der Waals surface area contributed by atoms with Gasteiger partial charge in [-0.15, -0.1) is 0 Å². The van der Waals surface area contributed by atoms with Gasteiger partial charge in [0, 0.05) is 24.8 Å². The lowest BCUT2D eigenvalue weighted by molar-refractivity contribution is -0.136. The molecule has 1 saturated heterocycles. The average Bonchev–Trinajstić information content (AvgIpc) is 3.08. The van der Waals surface area contributed by atoms with E-state index in [1.807, 2.05) is 12.1 Å². The van der Waals surface area contributed by atoms with Crippen molar-refractivity contribution in [2.24, 2.45) is 0 Å². The van der Waals surface area contributed by atoms with Crippen molar-refractivity contribution >= 4 is 5.91 Å². The number of amides is 1. The molecular formula is C19H24FN3O2. The fraction of sp³-hybridized carbons (Fsp3) is 0.474. The third-order valence-electron chi connectivity index (χ3n) is 4.70. The van der Waals surface area contributed by atoms with Gasteiger partial charge in [-0.05, 0) is 49.8 Å². The van der Waals surface area contributed by atoms with Crippen LogP contribution in [0, 0.1) is 5.82 Å². The molecule has 6 heteroatoms. The van der Waals surface area contributed by atoms with Gasteiger partial charge in [0.2, 0.25) is 5.91 Å². The number of piperidine rings is 1. The number of hydrogen-bond acceptors (Lipinski definition) is 3. The van der Waals surface area contributed by atoms with Crippen LogP contribution in [0.2, 0.25) is 0 Å². The Morgan fingerprint density at radius 3 is 2.64 bits per heavy atom. The summed E-state index contributed by atoms with van der Waals surface area (Å²) in [7, 11) is 0. The van der Waals surface area contributed by atoms with Crippen LogP contribution in [0.1, 0.15) is 44.6 Å². The van der Waals surface area contributed by atoms with Crippen LogP contribution in [0.5, 0.6) is 0 Å². The summed E-state index contributed by atoms with van der Waals surface area (Å²) in [4.78, 5) is 14.0. The Morgan fingerprint density at radius 2 is 2.08 bits per heavy atom.